The molecule has 0 saturated carbocycles. The number of benzene rings is 4. The lowest BCUT2D eigenvalue weighted by molar-refractivity contribution is 0.0680. The molecule has 4 aromatic carbocycles. The average molecular weight is 606 g/mol. The minimum atomic E-state index is -0.893. The van der Waals surface area contributed by atoms with E-state index in [4.69, 9.17) is 9.47 Å². The van der Waals surface area contributed by atoms with Gasteiger partial charge >= 0.3 is 17.6 Å². The Kier molecular flexibility index (Phi) is 8.64. The molecule has 1 atom stereocenters. The third kappa shape index (κ3) is 6.74. The quantitative estimate of drug-likeness (QED) is 0.171. The first-order valence-corrected chi connectivity index (χ1v) is 15.1. The van der Waals surface area contributed by atoms with Crippen molar-refractivity contribution in [1.29, 1.82) is 0 Å². The van der Waals surface area contributed by atoms with E-state index in [-0.39, 0.29) is 23.2 Å². The molecule has 9 heteroatoms. The van der Waals surface area contributed by atoms with Gasteiger partial charge < -0.3 is 24.5 Å². The number of carbonyl (C=O) groups excluding carboxylic acids is 2. The van der Waals surface area contributed by atoms with Crippen LogP contribution in [0.1, 0.15) is 62.4 Å². The van der Waals surface area contributed by atoms with Crippen LogP contribution in [0.3, 0.4) is 0 Å². The average Bonchev–Trinajstić information content (AvgIpc) is 3.38. The van der Waals surface area contributed by atoms with Gasteiger partial charge in [-0.05, 0) is 80.8 Å². The third-order valence-corrected chi connectivity index (χ3v) is 8.31. The second-order valence-electron chi connectivity index (χ2n) is 11.6. The highest BCUT2D eigenvalue weighted by Gasteiger charge is 2.26. The molecule has 1 unspecified atom stereocenters. The number of esters is 2. The third-order valence-electron chi connectivity index (χ3n) is 8.31. The minimum absolute atomic E-state index is 0.0370. The number of hydrogen-bond donors (Lipinski definition) is 2. The number of aliphatic hydroxyl groups excluding tert-OH is 1. The number of fused-ring (bicyclic) bond motifs is 1. The first-order chi connectivity index (χ1) is 21.7. The van der Waals surface area contributed by atoms with E-state index in [1.165, 1.54) is 6.07 Å². The van der Waals surface area contributed by atoms with Gasteiger partial charge in [-0.25, -0.2) is 14.4 Å². The summed E-state index contributed by atoms with van der Waals surface area (Å²) < 4.78 is 13.2. The Morgan fingerprint density at radius 3 is 2.02 bits per heavy atom. The van der Waals surface area contributed by atoms with Crippen molar-refractivity contribution in [1.82, 2.24) is 14.5 Å². The van der Waals surface area contributed by atoms with Gasteiger partial charge in [-0.15, -0.1) is 0 Å². The molecule has 45 heavy (non-hydrogen) atoms. The lowest BCUT2D eigenvalue weighted by Crippen LogP contribution is -2.39. The maximum Gasteiger partial charge on any atom is 0.343 e. The standard InChI is InChI=1S/C36H35N3O6/c1-23-7-11-25(12-8-23)34(41)44-32-16-15-27(21-33(32)45-35(42)26-13-9-24(2)10-14-26)31(40)22-38-19-17-28(18-20-38)39-30-6-4-3-5-29(30)37-36(39)43/h3-16,21,28,31,40H,17-20,22H2,1-2H3,(H,37,43). The van der Waals surface area contributed by atoms with Crippen molar-refractivity contribution in [2.45, 2.75) is 38.8 Å². The van der Waals surface area contributed by atoms with Crippen molar-refractivity contribution in [3.63, 3.8) is 0 Å². The Hall–Kier alpha value is -4.99. The fourth-order valence-electron chi connectivity index (χ4n) is 5.74. The predicted molar refractivity (Wildman–Crippen MR) is 171 cm³/mol. The van der Waals surface area contributed by atoms with Crippen LogP contribution in [0.5, 0.6) is 11.5 Å². The van der Waals surface area contributed by atoms with Gasteiger partial charge in [0.25, 0.3) is 0 Å². The number of aryl methyl sites for hydroxylation is 2. The number of nitrogens with zero attached hydrogens (tertiary/aromatic N) is 2. The van der Waals surface area contributed by atoms with Crippen LogP contribution in [-0.2, 0) is 0 Å². The monoisotopic (exact) mass is 605 g/mol. The van der Waals surface area contributed by atoms with E-state index in [0.717, 1.165) is 35.0 Å². The number of aromatic amines is 1. The van der Waals surface area contributed by atoms with E-state index < -0.39 is 18.0 Å². The zero-order valence-corrected chi connectivity index (χ0v) is 25.2. The highest BCUT2D eigenvalue weighted by atomic mass is 16.6. The molecule has 9 nitrogen and oxygen atoms in total. The number of carbonyl (C=O) groups is 2. The normalized spacial score (nSPS) is 14.7. The Morgan fingerprint density at radius 1 is 0.822 bits per heavy atom. The van der Waals surface area contributed by atoms with Gasteiger partial charge in [0.15, 0.2) is 11.5 Å². The molecule has 0 bridgehead atoms. The van der Waals surface area contributed by atoms with Crippen molar-refractivity contribution in [2.24, 2.45) is 0 Å². The number of ether oxygens (including phenoxy) is 2. The van der Waals surface area contributed by atoms with Crippen LogP contribution in [0, 0.1) is 13.8 Å². The molecular formula is C36H35N3O6. The molecule has 5 aromatic rings. The molecule has 0 radical (unpaired) electrons. The van der Waals surface area contributed by atoms with E-state index in [2.05, 4.69) is 9.88 Å². The zero-order valence-electron chi connectivity index (χ0n) is 25.2. The second-order valence-corrected chi connectivity index (χ2v) is 11.6. The molecule has 230 valence electrons. The van der Waals surface area contributed by atoms with Crippen molar-refractivity contribution in [3.8, 4) is 11.5 Å². The van der Waals surface area contributed by atoms with Gasteiger partial charge in [0.1, 0.15) is 0 Å². The predicted octanol–water partition coefficient (Wildman–Crippen LogP) is 5.76. The molecule has 1 fully saturated rings. The number of nitrogens with one attached hydrogen (secondary N) is 1. The highest BCUT2D eigenvalue weighted by Crippen LogP contribution is 2.33. The Labute approximate surface area is 260 Å². The zero-order chi connectivity index (χ0) is 31.5. The van der Waals surface area contributed by atoms with E-state index >= 15 is 0 Å². The van der Waals surface area contributed by atoms with E-state index in [1.807, 2.05) is 66.9 Å². The van der Waals surface area contributed by atoms with E-state index in [9.17, 15) is 19.5 Å². The number of aliphatic hydroxyl groups is 1. The van der Waals surface area contributed by atoms with Gasteiger partial charge in [-0.1, -0.05) is 53.6 Å². The number of hydrogen-bond acceptors (Lipinski definition) is 7. The second kappa shape index (κ2) is 12.9. The summed E-state index contributed by atoms with van der Waals surface area (Å²) >= 11 is 0. The van der Waals surface area contributed by atoms with Crippen molar-refractivity contribution in [2.75, 3.05) is 19.6 Å². The number of rotatable bonds is 8. The van der Waals surface area contributed by atoms with Crippen LogP contribution in [0.25, 0.3) is 11.0 Å². The van der Waals surface area contributed by atoms with Gasteiger partial charge in [0.05, 0.1) is 28.3 Å². The molecule has 1 aliphatic heterocycles. The molecule has 0 aliphatic carbocycles. The van der Waals surface area contributed by atoms with Crippen LogP contribution in [0.2, 0.25) is 0 Å². The molecule has 1 saturated heterocycles. The molecule has 6 rings (SSSR count). The lowest BCUT2D eigenvalue weighted by atomic mass is 10.0. The first kappa shape index (κ1) is 30.1. The highest BCUT2D eigenvalue weighted by molar-refractivity contribution is 5.93. The number of imidazole rings is 1. The van der Waals surface area contributed by atoms with E-state index in [1.54, 1.807) is 36.4 Å². The maximum atomic E-state index is 13.0. The number of piperidine rings is 1. The summed E-state index contributed by atoms with van der Waals surface area (Å²) in [4.78, 5) is 43.7. The summed E-state index contributed by atoms with van der Waals surface area (Å²) in [5, 5.41) is 11.2. The molecular weight excluding hydrogens is 570 g/mol. The van der Waals surface area contributed by atoms with Crippen molar-refractivity contribution >= 4 is 23.0 Å². The fraction of sp³-hybridized carbons (Fsp3) is 0.250. The molecule has 0 spiro atoms. The summed E-state index contributed by atoms with van der Waals surface area (Å²) in [6.07, 6.45) is 0.639. The van der Waals surface area contributed by atoms with Gasteiger partial charge in [-0.3, -0.25) is 4.57 Å². The van der Waals surface area contributed by atoms with E-state index in [0.29, 0.717) is 36.3 Å². The summed E-state index contributed by atoms with van der Waals surface area (Å²) in [5.41, 5.74) is 4.86. The molecule has 1 aliphatic rings. The van der Waals surface area contributed by atoms with Crippen molar-refractivity contribution in [3.05, 3.63) is 129 Å². The Balaban J connectivity index is 1.17. The fourth-order valence-corrected chi connectivity index (χ4v) is 5.74. The summed E-state index contributed by atoms with van der Waals surface area (Å²) in [7, 11) is 0. The van der Waals surface area contributed by atoms with Crippen molar-refractivity contribution < 1.29 is 24.2 Å². The van der Waals surface area contributed by atoms with Crippen LogP contribution in [0.4, 0.5) is 0 Å². The Morgan fingerprint density at radius 2 is 1.40 bits per heavy atom. The number of aromatic nitrogens is 2. The summed E-state index contributed by atoms with van der Waals surface area (Å²) in [5.74, 6) is -1.09. The molecule has 2 heterocycles. The summed E-state index contributed by atoms with van der Waals surface area (Å²) in [6.45, 7) is 5.61. The number of likely N-dealkylation sites (tertiary alicyclic amines) is 1. The van der Waals surface area contributed by atoms with Crippen LogP contribution in [0.15, 0.2) is 95.8 Å². The number of β-amino-alcohol motifs (C(OH)–C–C–N with tert-alkyl or cyclic N) is 1. The smallest absolute Gasteiger partial charge is 0.343 e. The summed E-state index contributed by atoms with van der Waals surface area (Å²) in [6, 6.07) is 26.5. The number of H-pyrrole nitrogens is 1. The van der Waals surface area contributed by atoms with Gasteiger partial charge in [-0.2, -0.15) is 0 Å². The van der Waals surface area contributed by atoms with Crippen LogP contribution >= 0.6 is 0 Å². The topological polar surface area (TPSA) is 114 Å². The SMILES string of the molecule is Cc1ccc(C(=O)Oc2ccc(C(O)CN3CCC(n4c(=O)[nH]c5ccccc54)CC3)cc2OC(=O)c2ccc(C)cc2)cc1. The van der Waals surface area contributed by atoms with Crippen LogP contribution in [-0.4, -0.2) is 51.1 Å². The largest absolute Gasteiger partial charge is 0.419 e. The van der Waals surface area contributed by atoms with Gasteiger partial charge in [0, 0.05) is 25.7 Å². The molecule has 0 amide bonds. The van der Waals surface area contributed by atoms with Gasteiger partial charge in [0.2, 0.25) is 0 Å². The molecule has 2 N–H and O–H groups in total. The van der Waals surface area contributed by atoms with Crippen LogP contribution < -0.4 is 15.2 Å². The molecule has 1 aromatic heterocycles. The minimum Gasteiger partial charge on any atom is -0.419 e. The maximum absolute atomic E-state index is 13.0. The Bertz CT molecular complexity index is 1880. The lowest BCUT2D eigenvalue weighted by Gasteiger charge is -2.33. The first-order valence-electron chi connectivity index (χ1n) is 15.1. The number of para-hydroxylation sites is 2.